The van der Waals surface area contributed by atoms with Gasteiger partial charge in [0.1, 0.15) is 11.5 Å². The van der Waals surface area contributed by atoms with Gasteiger partial charge in [0.2, 0.25) is 0 Å². The van der Waals surface area contributed by atoms with Crippen LogP contribution in [0.5, 0.6) is 0 Å². The first-order valence-corrected chi connectivity index (χ1v) is 11.3. The van der Waals surface area contributed by atoms with Crippen LogP contribution in [0.4, 0.5) is 5.69 Å². The zero-order chi connectivity index (χ0) is 24.4. The van der Waals surface area contributed by atoms with Crippen LogP contribution in [0.2, 0.25) is 5.02 Å². The second-order valence-electron chi connectivity index (χ2n) is 7.89. The summed E-state index contributed by atoms with van der Waals surface area (Å²) < 4.78 is 10.7. The van der Waals surface area contributed by atoms with Crippen molar-refractivity contribution >= 4 is 40.9 Å². The van der Waals surface area contributed by atoms with E-state index in [1.807, 2.05) is 60.7 Å². The number of rotatable bonds is 5. The molecule has 4 aromatic rings. The lowest BCUT2D eigenvalue weighted by molar-refractivity contribution is -0.113. The average Bonchev–Trinajstić information content (AvgIpc) is 3.49. The topological polar surface area (TPSA) is 59.8 Å². The molecule has 0 fully saturated rings. The molecule has 35 heavy (non-hydrogen) atoms. The van der Waals surface area contributed by atoms with Crippen molar-refractivity contribution in [3.05, 3.63) is 125 Å². The summed E-state index contributed by atoms with van der Waals surface area (Å²) in [7, 11) is 1.35. The summed E-state index contributed by atoms with van der Waals surface area (Å²) in [5, 5.41) is 0.550. The molecular formula is C29H20ClNO4. The number of halogens is 1. The molecule has 0 spiro atoms. The summed E-state index contributed by atoms with van der Waals surface area (Å²) >= 11 is 6.21. The molecule has 1 aliphatic heterocycles. The molecule has 5 nitrogen and oxygen atoms in total. The van der Waals surface area contributed by atoms with Crippen molar-refractivity contribution in [2.45, 2.75) is 0 Å². The largest absolute Gasteiger partial charge is 0.465 e. The quantitative estimate of drug-likeness (QED) is 0.231. The first-order valence-electron chi connectivity index (χ1n) is 10.9. The molecule has 1 amide bonds. The van der Waals surface area contributed by atoms with Crippen LogP contribution in [0.15, 0.2) is 107 Å². The van der Waals surface area contributed by atoms with E-state index in [1.165, 1.54) is 7.11 Å². The predicted molar refractivity (Wildman–Crippen MR) is 137 cm³/mol. The van der Waals surface area contributed by atoms with Gasteiger partial charge in [0.05, 0.1) is 24.1 Å². The highest BCUT2D eigenvalue weighted by atomic mass is 35.5. The molecule has 0 aliphatic carbocycles. The summed E-state index contributed by atoms with van der Waals surface area (Å²) in [5.74, 6) is 0.590. The summed E-state index contributed by atoms with van der Waals surface area (Å²) in [6, 6.07) is 27.5. The van der Waals surface area contributed by atoms with Gasteiger partial charge in [0.15, 0.2) is 0 Å². The summed E-state index contributed by atoms with van der Waals surface area (Å²) in [5.41, 5.74) is 4.12. The van der Waals surface area contributed by atoms with Crippen LogP contribution >= 0.6 is 11.6 Å². The van der Waals surface area contributed by atoms with Crippen LogP contribution in [0.1, 0.15) is 21.7 Å². The zero-order valence-electron chi connectivity index (χ0n) is 18.8. The van der Waals surface area contributed by atoms with Gasteiger partial charge >= 0.3 is 5.97 Å². The summed E-state index contributed by atoms with van der Waals surface area (Å²) in [6.07, 6.45) is 3.58. The summed E-state index contributed by atoms with van der Waals surface area (Å²) in [4.78, 5) is 26.8. The van der Waals surface area contributed by atoms with E-state index in [4.69, 9.17) is 20.8 Å². The van der Waals surface area contributed by atoms with Gasteiger partial charge in [-0.05, 0) is 60.2 Å². The molecule has 5 rings (SSSR count). The molecule has 172 valence electrons. The van der Waals surface area contributed by atoms with Gasteiger partial charge in [0.25, 0.3) is 5.91 Å². The second kappa shape index (κ2) is 9.49. The SMILES string of the molecule is COC(=O)c1ccc(-c2ccc(/C=C3\C=C(c4ccccc4)N(c4cccc(Cl)c4)C3=O)o2)cc1. The van der Waals surface area contributed by atoms with E-state index in [0.717, 1.165) is 16.8 Å². The van der Waals surface area contributed by atoms with Crippen molar-refractivity contribution < 1.29 is 18.7 Å². The predicted octanol–water partition coefficient (Wildman–Crippen LogP) is 6.86. The second-order valence-corrected chi connectivity index (χ2v) is 8.32. The number of methoxy groups -OCH3 is 1. The minimum atomic E-state index is -0.397. The van der Waals surface area contributed by atoms with Gasteiger partial charge in [-0.25, -0.2) is 4.79 Å². The molecule has 0 bridgehead atoms. The fourth-order valence-corrected chi connectivity index (χ4v) is 4.12. The van der Waals surface area contributed by atoms with Crippen molar-refractivity contribution in [3.8, 4) is 11.3 Å². The standard InChI is InChI=1S/C29H20ClNO4/c1-34-29(33)21-12-10-20(11-13-21)27-15-14-25(35-27)16-22-17-26(19-6-3-2-4-7-19)31(28(22)32)24-9-5-8-23(30)18-24/h2-18H,1H3/b22-16+. The Morgan fingerprint density at radius 2 is 1.69 bits per heavy atom. The maximum absolute atomic E-state index is 13.5. The lowest BCUT2D eigenvalue weighted by Gasteiger charge is -2.21. The molecular weight excluding hydrogens is 462 g/mol. The van der Waals surface area contributed by atoms with Crippen molar-refractivity contribution in [1.29, 1.82) is 0 Å². The Morgan fingerprint density at radius 3 is 2.40 bits per heavy atom. The van der Waals surface area contributed by atoms with Gasteiger partial charge in [-0.2, -0.15) is 0 Å². The fraction of sp³-hybridized carbons (Fsp3) is 0.0345. The lowest BCUT2D eigenvalue weighted by atomic mass is 10.1. The van der Waals surface area contributed by atoms with Gasteiger partial charge in [0, 0.05) is 16.2 Å². The molecule has 2 heterocycles. The molecule has 0 N–H and O–H groups in total. The van der Waals surface area contributed by atoms with Crippen molar-refractivity contribution in [1.82, 2.24) is 0 Å². The third kappa shape index (κ3) is 4.54. The highest BCUT2D eigenvalue weighted by Crippen LogP contribution is 2.36. The van der Waals surface area contributed by atoms with Gasteiger partial charge in [-0.1, -0.05) is 60.1 Å². The third-order valence-electron chi connectivity index (χ3n) is 5.63. The van der Waals surface area contributed by atoms with Crippen molar-refractivity contribution in [2.24, 2.45) is 0 Å². The Morgan fingerprint density at radius 1 is 0.914 bits per heavy atom. The first kappa shape index (κ1) is 22.4. The van der Waals surface area contributed by atoms with Crippen LogP contribution in [0.25, 0.3) is 23.1 Å². The van der Waals surface area contributed by atoms with Crippen LogP contribution in [-0.4, -0.2) is 19.0 Å². The smallest absolute Gasteiger partial charge is 0.337 e. The maximum atomic E-state index is 13.5. The van der Waals surface area contributed by atoms with E-state index in [-0.39, 0.29) is 5.91 Å². The molecule has 0 atom stereocenters. The van der Waals surface area contributed by atoms with E-state index in [2.05, 4.69) is 0 Å². The first-order chi connectivity index (χ1) is 17.0. The van der Waals surface area contributed by atoms with E-state index < -0.39 is 5.97 Å². The molecule has 1 aromatic heterocycles. The fourth-order valence-electron chi connectivity index (χ4n) is 3.94. The minimum Gasteiger partial charge on any atom is -0.465 e. The number of ether oxygens (including phenoxy) is 1. The number of nitrogens with zero attached hydrogens (tertiary/aromatic N) is 1. The average molecular weight is 482 g/mol. The Kier molecular flexibility index (Phi) is 6.08. The highest BCUT2D eigenvalue weighted by molar-refractivity contribution is 6.31. The monoisotopic (exact) mass is 481 g/mol. The number of benzene rings is 3. The minimum absolute atomic E-state index is 0.175. The number of furan rings is 1. The number of hydrogen-bond acceptors (Lipinski definition) is 4. The van der Waals surface area contributed by atoms with Gasteiger partial charge in [-0.3, -0.25) is 9.69 Å². The van der Waals surface area contributed by atoms with Gasteiger partial charge in [-0.15, -0.1) is 0 Å². The number of amides is 1. The third-order valence-corrected chi connectivity index (χ3v) is 5.87. The van der Waals surface area contributed by atoms with Gasteiger partial charge < -0.3 is 9.15 Å². The Hall–Kier alpha value is -4.35. The molecule has 0 saturated heterocycles. The van der Waals surface area contributed by atoms with E-state index >= 15 is 0 Å². The molecule has 0 unspecified atom stereocenters. The Balaban J connectivity index is 1.49. The number of carbonyl (C=O) groups excluding carboxylic acids is 2. The van der Waals surface area contributed by atoms with Crippen molar-refractivity contribution in [3.63, 3.8) is 0 Å². The molecule has 3 aromatic carbocycles. The van der Waals surface area contributed by atoms with Crippen molar-refractivity contribution in [2.75, 3.05) is 12.0 Å². The number of carbonyl (C=O) groups is 2. The normalized spacial score (nSPS) is 14.3. The number of hydrogen-bond donors (Lipinski definition) is 0. The summed E-state index contributed by atoms with van der Waals surface area (Å²) in [6.45, 7) is 0. The molecule has 1 aliphatic rings. The molecule has 6 heteroatoms. The van der Waals surface area contributed by atoms with Crippen LogP contribution in [0.3, 0.4) is 0 Å². The Bertz CT molecular complexity index is 1470. The number of anilines is 1. The van der Waals surface area contributed by atoms with Crippen LogP contribution in [-0.2, 0) is 9.53 Å². The van der Waals surface area contributed by atoms with Crippen LogP contribution in [0, 0.1) is 0 Å². The maximum Gasteiger partial charge on any atom is 0.337 e. The highest BCUT2D eigenvalue weighted by Gasteiger charge is 2.30. The van der Waals surface area contributed by atoms with Crippen LogP contribution < -0.4 is 4.90 Å². The van der Waals surface area contributed by atoms with E-state index in [9.17, 15) is 9.59 Å². The lowest BCUT2D eigenvalue weighted by Crippen LogP contribution is -2.24. The van der Waals surface area contributed by atoms with E-state index in [1.54, 1.807) is 47.4 Å². The molecule has 0 saturated carbocycles. The molecule has 0 radical (unpaired) electrons. The Labute approximate surface area is 207 Å². The number of esters is 1. The zero-order valence-corrected chi connectivity index (χ0v) is 19.5. The van der Waals surface area contributed by atoms with E-state index in [0.29, 0.717) is 33.4 Å².